The first-order valence-corrected chi connectivity index (χ1v) is 10.6. The first kappa shape index (κ1) is 22.0. The second-order valence-electron chi connectivity index (χ2n) is 7.26. The van der Waals surface area contributed by atoms with Crippen LogP contribution < -0.4 is 5.32 Å². The molecule has 28 heavy (non-hydrogen) atoms. The average Bonchev–Trinajstić information content (AvgIpc) is 3.09. The van der Waals surface area contributed by atoms with Crippen molar-refractivity contribution in [3.05, 3.63) is 40.5 Å². The van der Waals surface area contributed by atoms with E-state index in [1.807, 2.05) is 13.8 Å². The summed E-state index contributed by atoms with van der Waals surface area (Å²) in [5.74, 6) is 1.11. The van der Waals surface area contributed by atoms with E-state index >= 15 is 0 Å². The Hall–Kier alpha value is -2.26. The molecule has 0 aliphatic rings. The van der Waals surface area contributed by atoms with Crippen LogP contribution in [0.15, 0.2) is 21.6 Å². The summed E-state index contributed by atoms with van der Waals surface area (Å²) in [4.78, 5) is 16.9. The first-order chi connectivity index (χ1) is 13.0. The van der Waals surface area contributed by atoms with Gasteiger partial charge in [-0.15, -0.1) is 0 Å². The van der Waals surface area contributed by atoms with Crippen molar-refractivity contribution >= 4 is 15.9 Å². The molecule has 1 aromatic carbocycles. The van der Waals surface area contributed by atoms with Crippen molar-refractivity contribution in [3.8, 4) is 0 Å². The lowest BCUT2D eigenvalue weighted by Gasteiger charge is -2.16. The predicted molar refractivity (Wildman–Crippen MR) is 106 cm³/mol. The summed E-state index contributed by atoms with van der Waals surface area (Å²) in [5, 5.41) is 6.72. The number of aromatic nitrogens is 2. The second-order valence-corrected chi connectivity index (χ2v) is 9.38. The zero-order valence-electron chi connectivity index (χ0n) is 17.2. The Bertz CT molecular complexity index is 949. The Balaban J connectivity index is 2.03. The van der Waals surface area contributed by atoms with Gasteiger partial charge in [0.15, 0.2) is 5.82 Å². The van der Waals surface area contributed by atoms with Crippen LogP contribution in [0.2, 0.25) is 0 Å². The van der Waals surface area contributed by atoms with Gasteiger partial charge in [-0.3, -0.25) is 4.79 Å². The smallest absolute Gasteiger partial charge is 0.251 e. The molecule has 0 atom stereocenters. The predicted octanol–water partition coefficient (Wildman–Crippen LogP) is 2.42. The molecule has 0 fully saturated rings. The van der Waals surface area contributed by atoms with E-state index in [4.69, 9.17) is 4.52 Å². The van der Waals surface area contributed by atoms with Crippen molar-refractivity contribution in [1.29, 1.82) is 0 Å². The van der Waals surface area contributed by atoms with E-state index in [-0.39, 0.29) is 16.7 Å². The average molecular weight is 409 g/mol. The van der Waals surface area contributed by atoms with Gasteiger partial charge >= 0.3 is 0 Å². The summed E-state index contributed by atoms with van der Waals surface area (Å²) >= 11 is 0. The van der Waals surface area contributed by atoms with E-state index in [9.17, 15) is 13.2 Å². The fourth-order valence-corrected chi connectivity index (χ4v) is 3.79. The molecule has 2 rings (SSSR count). The lowest BCUT2D eigenvalue weighted by atomic mass is 10.1. The van der Waals surface area contributed by atoms with Crippen LogP contribution in [0.25, 0.3) is 0 Å². The highest BCUT2D eigenvalue weighted by atomic mass is 32.2. The first-order valence-electron chi connectivity index (χ1n) is 9.18. The highest BCUT2D eigenvalue weighted by Gasteiger charge is 2.23. The van der Waals surface area contributed by atoms with Gasteiger partial charge in [0.05, 0.1) is 4.90 Å². The van der Waals surface area contributed by atoms with Gasteiger partial charge in [-0.25, -0.2) is 12.7 Å². The number of carbonyl (C=O) groups is 1. The summed E-state index contributed by atoms with van der Waals surface area (Å²) in [5.41, 5.74) is 1.71. The minimum absolute atomic E-state index is 0.148. The van der Waals surface area contributed by atoms with Crippen LogP contribution in [0.1, 0.15) is 59.4 Å². The van der Waals surface area contributed by atoms with E-state index in [2.05, 4.69) is 15.5 Å². The van der Waals surface area contributed by atoms with Gasteiger partial charge in [-0.1, -0.05) is 19.0 Å². The number of nitrogens with zero attached hydrogens (tertiary/aromatic N) is 3. The molecule has 8 nitrogen and oxygen atoms in total. The lowest BCUT2D eigenvalue weighted by Crippen LogP contribution is -2.27. The topological polar surface area (TPSA) is 105 Å². The van der Waals surface area contributed by atoms with Gasteiger partial charge in [0.2, 0.25) is 15.9 Å². The van der Waals surface area contributed by atoms with Crippen LogP contribution in [-0.4, -0.2) is 49.4 Å². The van der Waals surface area contributed by atoms with Crippen LogP contribution in [0.3, 0.4) is 0 Å². The monoisotopic (exact) mass is 408 g/mol. The maximum atomic E-state index is 12.5. The van der Waals surface area contributed by atoms with Gasteiger partial charge in [-0.05, 0) is 43.5 Å². The molecular weight excluding hydrogens is 380 g/mol. The summed E-state index contributed by atoms with van der Waals surface area (Å²) in [6.07, 6.45) is 1.20. The van der Waals surface area contributed by atoms with Gasteiger partial charge in [0, 0.05) is 38.5 Å². The lowest BCUT2D eigenvalue weighted by molar-refractivity contribution is 0.0952. The molecule has 0 unspecified atom stereocenters. The van der Waals surface area contributed by atoms with Crippen LogP contribution in [0.4, 0.5) is 0 Å². The summed E-state index contributed by atoms with van der Waals surface area (Å²) in [6, 6.07) is 3.13. The van der Waals surface area contributed by atoms with E-state index in [1.54, 1.807) is 19.9 Å². The van der Waals surface area contributed by atoms with Crippen LogP contribution in [0, 0.1) is 13.8 Å². The number of hydrogen-bond donors (Lipinski definition) is 1. The number of benzene rings is 1. The fourth-order valence-electron chi connectivity index (χ4n) is 2.57. The zero-order valence-corrected chi connectivity index (χ0v) is 18.1. The van der Waals surface area contributed by atoms with Crippen LogP contribution in [0.5, 0.6) is 0 Å². The van der Waals surface area contributed by atoms with Gasteiger partial charge < -0.3 is 9.84 Å². The van der Waals surface area contributed by atoms with Crippen molar-refractivity contribution < 1.29 is 17.7 Å². The quantitative estimate of drug-likeness (QED) is 0.673. The molecule has 0 bridgehead atoms. The summed E-state index contributed by atoms with van der Waals surface area (Å²) in [7, 11) is -0.684. The van der Waals surface area contributed by atoms with E-state index in [1.165, 1.54) is 20.2 Å². The Morgan fingerprint density at radius 2 is 1.93 bits per heavy atom. The van der Waals surface area contributed by atoms with Crippen molar-refractivity contribution in [2.45, 2.75) is 51.3 Å². The number of nitrogens with one attached hydrogen (secondary N) is 1. The van der Waals surface area contributed by atoms with E-state index < -0.39 is 10.0 Å². The zero-order chi connectivity index (χ0) is 21.1. The summed E-state index contributed by atoms with van der Waals surface area (Å²) < 4.78 is 31.4. The molecule has 0 aliphatic heterocycles. The Kier molecular flexibility index (Phi) is 6.95. The van der Waals surface area contributed by atoms with E-state index in [0.717, 1.165) is 9.87 Å². The third kappa shape index (κ3) is 4.96. The van der Waals surface area contributed by atoms with Gasteiger partial charge in [0.1, 0.15) is 0 Å². The SMILES string of the molecule is Cc1cc(C(=O)NCCCc2nc(C(C)C)no2)cc(S(=O)(=O)N(C)C)c1C. The second kappa shape index (κ2) is 8.83. The van der Waals surface area contributed by atoms with Crippen LogP contribution in [-0.2, 0) is 16.4 Å². The minimum atomic E-state index is -3.63. The molecule has 9 heteroatoms. The molecule has 0 saturated heterocycles. The normalized spacial score (nSPS) is 12.0. The molecule has 0 radical (unpaired) electrons. The molecular formula is C19H28N4O4S. The largest absolute Gasteiger partial charge is 0.352 e. The molecule has 154 valence electrons. The Morgan fingerprint density at radius 3 is 2.50 bits per heavy atom. The Labute approximate surface area is 166 Å². The standard InChI is InChI=1S/C19H28N4O4S/c1-12(2)18-21-17(27-22-18)8-7-9-20-19(24)15-10-13(3)14(4)16(11-15)28(25,26)23(5)6/h10-12H,7-9H2,1-6H3,(H,20,24). The molecule has 1 aromatic heterocycles. The van der Waals surface area contributed by atoms with Gasteiger partial charge in [0.25, 0.3) is 5.91 Å². The number of aryl methyl sites for hydroxylation is 2. The molecule has 0 spiro atoms. The van der Waals surface area contributed by atoms with E-state index in [0.29, 0.717) is 42.2 Å². The maximum absolute atomic E-state index is 12.5. The van der Waals surface area contributed by atoms with Crippen molar-refractivity contribution in [3.63, 3.8) is 0 Å². The number of rotatable bonds is 8. The highest BCUT2D eigenvalue weighted by Crippen LogP contribution is 2.23. The van der Waals surface area contributed by atoms with Crippen molar-refractivity contribution in [2.75, 3.05) is 20.6 Å². The molecule has 2 aromatic rings. The third-order valence-electron chi connectivity index (χ3n) is 4.49. The van der Waals surface area contributed by atoms with Crippen molar-refractivity contribution in [1.82, 2.24) is 19.8 Å². The highest BCUT2D eigenvalue weighted by molar-refractivity contribution is 7.89. The van der Waals surface area contributed by atoms with Crippen molar-refractivity contribution in [2.24, 2.45) is 0 Å². The van der Waals surface area contributed by atoms with Gasteiger partial charge in [-0.2, -0.15) is 4.98 Å². The fraction of sp³-hybridized carbons (Fsp3) is 0.526. The number of carbonyl (C=O) groups excluding carboxylic acids is 1. The number of hydrogen-bond acceptors (Lipinski definition) is 6. The summed E-state index contributed by atoms with van der Waals surface area (Å²) in [6.45, 7) is 7.93. The molecule has 0 saturated carbocycles. The molecule has 0 aliphatic carbocycles. The number of sulfonamides is 1. The third-order valence-corrected chi connectivity index (χ3v) is 6.43. The van der Waals surface area contributed by atoms with Crippen LogP contribution >= 0.6 is 0 Å². The maximum Gasteiger partial charge on any atom is 0.251 e. The molecule has 1 heterocycles. The minimum Gasteiger partial charge on any atom is -0.352 e. The Morgan fingerprint density at radius 1 is 1.25 bits per heavy atom. The molecule has 1 amide bonds. The number of amides is 1. The molecule has 1 N–H and O–H groups in total.